The first-order valence-electron chi connectivity index (χ1n) is 6.10. The summed E-state index contributed by atoms with van der Waals surface area (Å²) in [7, 11) is 0. The molecule has 0 saturated heterocycles. The lowest BCUT2D eigenvalue weighted by Gasteiger charge is -2.04. The van der Waals surface area contributed by atoms with Gasteiger partial charge in [-0.15, -0.1) is 10.2 Å². The van der Waals surface area contributed by atoms with Crippen LogP contribution in [-0.2, 0) is 0 Å². The Morgan fingerprint density at radius 1 is 0.952 bits per heavy atom. The van der Waals surface area contributed by atoms with Crippen LogP contribution in [0.4, 0.5) is 4.39 Å². The van der Waals surface area contributed by atoms with Crippen LogP contribution in [-0.4, -0.2) is 15.2 Å². The Kier molecular flexibility index (Phi) is 4.13. The van der Waals surface area contributed by atoms with Crippen molar-refractivity contribution in [2.75, 3.05) is 0 Å². The maximum absolute atomic E-state index is 13.0. The summed E-state index contributed by atoms with van der Waals surface area (Å²) < 4.78 is 13.0. The van der Waals surface area contributed by atoms with Crippen molar-refractivity contribution in [3.8, 4) is 11.4 Å². The Balaban J connectivity index is 1.81. The predicted molar refractivity (Wildman–Crippen MR) is 80.8 cm³/mol. The van der Waals surface area contributed by atoms with Crippen LogP contribution >= 0.6 is 23.4 Å². The Hall–Kier alpha value is -1.98. The average molecular weight is 318 g/mol. The van der Waals surface area contributed by atoms with Gasteiger partial charge in [-0.1, -0.05) is 29.4 Å². The van der Waals surface area contributed by atoms with Crippen LogP contribution in [0.1, 0.15) is 0 Å². The van der Waals surface area contributed by atoms with Crippen molar-refractivity contribution in [2.24, 2.45) is 0 Å². The summed E-state index contributed by atoms with van der Waals surface area (Å²) in [4.78, 5) is 4.95. The highest BCUT2D eigenvalue weighted by molar-refractivity contribution is 7.99. The van der Waals surface area contributed by atoms with Gasteiger partial charge >= 0.3 is 0 Å². The molecule has 6 heteroatoms. The third-order valence-corrected chi connectivity index (χ3v) is 4.10. The third-order valence-electron chi connectivity index (χ3n) is 2.68. The van der Waals surface area contributed by atoms with E-state index in [4.69, 9.17) is 11.6 Å². The van der Waals surface area contributed by atoms with Gasteiger partial charge in [0.2, 0.25) is 0 Å². The minimum Gasteiger partial charge on any atom is -0.255 e. The molecule has 0 spiro atoms. The number of aromatic nitrogens is 3. The molecule has 104 valence electrons. The second-order valence-corrected chi connectivity index (χ2v) is 5.62. The highest BCUT2D eigenvalue weighted by atomic mass is 35.5. The van der Waals surface area contributed by atoms with Gasteiger partial charge in [0.05, 0.1) is 10.7 Å². The number of hydrogen-bond donors (Lipinski definition) is 0. The van der Waals surface area contributed by atoms with E-state index in [9.17, 15) is 4.39 Å². The van der Waals surface area contributed by atoms with E-state index in [1.54, 1.807) is 12.3 Å². The molecule has 0 aliphatic heterocycles. The number of pyridine rings is 1. The Morgan fingerprint density at radius 2 is 1.86 bits per heavy atom. The first-order chi connectivity index (χ1) is 10.2. The zero-order valence-corrected chi connectivity index (χ0v) is 12.3. The highest BCUT2D eigenvalue weighted by Crippen LogP contribution is 2.32. The van der Waals surface area contributed by atoms with Gasteiger partial charge in [0.1, 0.15) is 16.5 Å². The molecule has 0 unspecified atom stereocenters. The summed E-state index contributed by atoms with van der Waals surface area (Å²) >= 11 is 7.32. The maximum Gasteiger partial charge on any atom is 0.124 e. The Bertz CT molecular complexity index is 751. The Morgan fingerprint density at radius 3 is 2.52 bits per heavy atom. The summed E-state index contributed by atoms with van der Waals surface area (Å²) in [6.45, 7) is 0. The first kappa shape index (κ1) is 14.0. The molecular weight excluding hydrogens is 309 g/mol. The van der Waals surface area contributed by atoms with Crippen molar-refractivity contribution in [2.45, 2.75) is 9.92 Å². The van der Waals surface area contributed by atoms with Gasteiger partial charge in [0.25, 0.3) is 0 Å². The number of rotatable bonds is 3. The van der Waals surface area contributed by atoms with Crippen molar-refractivity contribution in [1.82, 2.24) is 15.2 Å². The number of hydrogen-bond acceptors (Lipinski definition) is 4. The molecule has 0 fully saturated rings. The summed E-state index contributed by atoms with van der Waals surface area (Å²) in [5, 5.41) is 9.32. The number of benzene rings is 1. The molecule has 0 atom stereocenters. The van der Waals surface area contributed by atoms with Gasteiger partial charge in [-0.05, 0) is 42.5 Å². The smallest absolute Gasteiger partial charge is 0.124 e. The highest BCUT2D eigenvalue weighted by Gasteiger charge is 2.07. The van der Waals surface area contributed by atoms with Crippen LogP contribution in [0.5, 0.6) is 0 Å². The van der Waals surface area contributed by atoms with Crippen LogP contribution < -0.4 is 0 Å². The van der Waals surface area contributed by atoms with E-state index in [1.807, 2.05) is 30.3 Å². The average Bonchev–Trinajstić information content (AvgIpc) is 2.52. The fraction of sp³-hybridized carbons (Fsp3) is 0. The summed E-state index contributed by atoms with van der Waals surface area (Å²) in [5.74, 6) is -0.360. The molecule has 0 bridgehead atoms. The zero-order chi connectivity index (χ0) is 14.7. The number of halogens is 2. The lowest BCUT2D eigenvalue weighted by atomic mass is 10.2. The van der Waals surface area contributed by atoms with E-state index in [2.05, 4.69) is 15.2 Å². The van der Waals surface area contributed by atoms with Crippen molar-refractivity contribution in [3.63, 3.8) is 0 Å². The first-order valence-corrected chi connectivity index (χ1v) is 7.30. The van der Waals surface area contributed by atoms with Crippen molar-refractivity contribution in [1.29, 1.82) is 0 Å². The lowest BCUT2D eigenvalue weighted by Crippen LogP contribution is -1.91. The van der Waals surface area contributed by atoms with Crippen LogP contribution in [0.25, 0.3) is 11.4 Å². The van der Waals surface area contributed by atoms with Gasteiger partial charge in [0.15, 0.2) is 0 Å². The molecule has 0 saturated carbocycles. The fourth-order valence-electron chi connectivity index (χ4n) is 1.70. The van der Waals surface area contributed by atoms with Crippen LogP contribution in [0.2, 0.25) is 5.02 Å². The van der Waals surface area contributed by atoms with E-state index in [-0.39, 0.29) is 5.82 Å². The monoisotopic (exact) mass is 317 g/mol. The van der Waals surface area contributed by atoms with E-state index < -0.39 is 0 Å². The van der Waals surface area contributed by atoms with E-state index in [0.717, 1.165) is 10.6 Å². The molecule has 1 aromatic carbocycles. The second-order valence-electron chi connectivity index (χ2n) is 4.15. The molecular formula is C15H9ClFN3S. The normalized spacial score (nSPS) is 10.6. The standard InChI is InChI=1S/C15H9ClFN3S/c16-11-9-10(17)4-6-14(11)21-15-7-5-13(19-20-15)12-3-1-2-8-18-12/h1-9H. The second kappa shape index (κ2) is 6.20. The lowest BCUT2D eigenvalue weighted by molar-refractivity contribution is 0.626. The van der Waals surface area contributed by atoms with Crippen LogP contribution in [0.3, 0.4) is 0 Å². The van der Waals surface area contributed by atoms with Crippen molar-refractivity contribution in [3.05, 3.63) is 65.6 Å². The molecule has 0 aliphatic carbocycles. The Labute approximate surface area is 130 Å². The minimum atomic E-state index is -0.360. The van der Waals surface area contributed by atoms with E-state index >= 15 is 0 Å². The SMILES string of the molecule is Fc1ccc(Sc2ccc(-c3ccccn3)nn2)c(Cl)c1. The molecule has 3 nitrogen and oxygen atoms in total. The fourth-order valence-corrected chi connectivity index (χ4v) is 2.71. The summed E-state index contributed by atoms with van der Waals surface area (Å²) in [5.41, 5.74) is 1.46. The quantitative estimate of drug-likeness (QED) is 0.714. The summed E-state index contributed by atoms with van der Waals surface area (Å²) in [6.07, 6.45) is 1.71. The van der Waals surface area contributed by atoms with Crippen LogP contribution in [0, 0.1) is 5.82 Å². The zero-order valence-electron chi connectivity index (χ0n) is 10.7. The minimum absolute atomic E-state index is 0.357. The predicted octanol–water partition coefficient (Wildman–Crippen LogP) is 4.48. The third kappa shape index (κ3) is 3.37. The molecule has 0 aliphatic rings. The topological polar surface area (TPSA) is 38.7 Å². The molecule has 0 radical (unpaired) electrons. The van der Waals surface area contributed by atoms with Gasteiger partial charge in [-0.25, -0.2) is 4.39 Å². The van der Waals surface area contributed by atoms with Crippen molar-refractivity contribution >= 4 is 23.4 Å². The molecule has 2 aromatic heterocycles. The van der Waals surface area contributed by atoms with Gasteiger partial charge in [0, 0.05) is 11.1 Å². The van der Waals surface area contributed by atoms with E-state index in [1.165, 1.54) is 23.9 Å². The van der Waals surface area contributed by atoms with Crippen LogP contribution in [0.15, 0.2) is 64.6 Å². The van der Waals surface area contributed by atoms with Crippen molar-refractivity contribution < 1.29 is 4.39 Å². The molecule has 0 N–H and O–H groups in total. The largest absolute Gasteiger partial charge is 0.255 e. The molecule has 3 rings (SSSR count). The number of nitrogens with zero attached hydrogens (tertiary/aromatic N) is 3. The van der Waals surface area contributed by atoms with Gasteiger partial charge < -0.3 is 0 Å². The van der Waals surface area contributed by atoms with Gasteiger partial charge in [-0.2, -0.15) is 0 Å². The van der Waals surface area contributed by atoms with E-state index in [0.29, 0.717) is 15.7 Å². The maximum atomic E-state index is 13.0. The van der Waals surface area contributed by atoms with Gasteiger partial charge in [-0.3, -0.25) is 4.98 Å². The molecule has 21 heavy (non-hydrogen) atoms. The molecule has 0 amide bonds. The summed E-state index contributed by atoms with van der Waals surface area (Å²) in [6, 6.07) is 13.5. The molecule has 2 heterocycles. The molecule has 3 aromatic rings.